The summed E-state index contributed by atoms with van der Waals surface area (Å²) < 4.78 is 0. The van der Waals surface area contributed by atoms with Gasteiger partial charge in [0.1, 0.15) is 0 Å². The van der Waals surface area contributed by atoms with Gasteiger partial charge in [-0.25, -0.2) is 0 Å². The van der Waals surface area contributed by atoms with Gasteiger partial charge in [-0.3, -0.25) is 4.79 Å². The molecule has 1 aliphatic rings. The number of carbonyl (C=O) groups excluding carboxylic acids is 1. The van der Waals surface area contributed by atoms with Crippen LogP contribution in [0.1, 0.15) is 46.5 Å². The Balaban J connectivity index is 2.09. The summed E-state index contributed by atoms with van der Waals surface area (Å²) in [7, 11) is 0. The fourth-order valence-corrected chi connectivity index (χ4v) is 3.50. The van der Waals surface area contributed by atoms with E-state index in [9.17, 15) is 4.79 Å². The van der Waals surface area contributed by atoms with Crippen LogP contribution in [0.2, 0.25) is 0 Å². The Morgan fingerprint density at radius 3 is 2.47 bits per heavy atom. The van der Waals surface area contributed by atoms with Crippen molar-refractivity contribution in [2.45, 2.75) is 56.6 Å². The van der Waals surface area contributed by atoms with Crippen LogP contribution in [0.4, 0.5) is 5.69 Å². The van der Waals surface area contributed by atoms with Crippen LogP contribution in [0.25, 0.3) is 0 Å². The second-order valence-corrected chi connectivity index (χ2v) is 7.57. The lowest BCUT2D eigenvalue weighted by Gasteiger charge is -2.20. The van der Waals surface area contributed by atoms with E-state index in [0.29, 0.717) is 5.25 Å². The van der Waals surface area contributed by atoms with Crippen LogP contribution >= 0.6 is 11.8 Å². The number of thioether (sulfide) groups is 1. The van der Waals surface area contributed by atoms with Crippen LogP contribution in [0.15, 0.2) is 29.2 Å². The minimum absolute atomic E-state index is 0.0759. The number of rotatable bonds is 3. The molecule has 0 saturated heterocycles. The molecular formula is C16H23NOS. The first kappa shape index (κ1) is 14.4. The molecule has 1 N–H and O–H groups in total. The molecule has 1 fully saturated rings. The van der Waals surface area contributed by atoms with Crippen molar-refractivity contribution in [1.29, 1.82) is 0 Å². The minimum Gasteiger partial charge on any atom is -0.325 e. The normalized spacial score (nSPS) is 16.6. The number of nitrogens with one attached hydrogen (secondary N) is 1. The Bertz CT molecular complexity index is 444. The van der Waals surface area contributed by atoms with Crippen LogP contribution in [0.5, 0.6) is 0 Å². The number of anilines is 1. The first-order chi connectivity index (χ1) is 8.97. The van der Waals surface area contributed by atoms with Gasteiger partial charge in [0.15, 0.2) is 0 Å². The minimum atomic E-state index is -0.356. The Morgan fingerprint density at radius 2 is 1.84 bits per heavy atom. The maximum Gasteiger partial charge on any atom is 0.229 e. The van der Waals surface area contributed by atoms with Crippen molar-refractivity contribution in [3.05, 3.63) is 24.3 Å². The molecule has 1 aliphatic carbocycles. The van der Waals surface area contributed by atoms with Gasteiger partial charge in [0, 0.05) is 15.6 Å². The average Bonchev–Trinajstić information content (AvgIpc) is 2.83. The zero-order valence-electron chi connectivity index (χ0n) is 12.0. The second kappa shape index (κ2) is 6.00. The molecule has 19 heavy (non-hydrogen) atoms. The first-order valence-corrected chi connectivity index (χ1v) is 7.92. The highest BCUT2D eigenvalue weighted by atomic mass is 32.2. The van der Waals surface area contributed by atoms with Crippen LogP contribution in [0, 0.1) is 5.41 Å². The van der Waals surface area contributed by atoms with E-state index in [0.717, 1.165) is 5.69 Å². The van der Waals surface area contributed by atoms with Crippen molar-refractivity contribution >= 4 is 23.4 Å². The monoisotopic (exact) mass is 277 g/mol. The molecule has 104 valence electrons. The molecule has 0 bridgehead atoms. The molecule has 1 amide bonds. The Hall–Kier alpha value is -0.960. The summed E-state index contributed by atoms with van der Waals surface area (Å²) >= 11 is 1.92. The third-order valence-electron chi connectivity index (χ3n) is 3.41. The molecule has 0 aliphatic heterocycles. The molecule has 1 aromatic rings. The van der Waals surface area contributed by atoms with Gasteiger partial charge < -0.3 is 5.32 Å². The topological polar surface area (TPSA) is 29.1 Å². The molecule has 0 heterocycles. The quantitative estimate of drug-likeness (QED) is 0.867. The molecule has 1 aromatic carbocycles. The molecule has 2 rings (SSSR count). The molecule has 3 heteroatoms. The van der Waals surface area contributed by atoms with E-state index < -0.39 is 0 Å². The highest BCUT2D eigenvalue weighted by molar-refractivity contribution is 8.00. The number of hydrogen-bond donors (Lipinski definition) is 1. The third-order valence-corrected chi connectivity index (χ3v) is 4.83. The molecular weight excluding hydrogens is 254 g/mol. The molecule has 1 saturated carbocycles. The Labute approximate surface area is 120 Å². The van der Waals surface area contributed by atoms with E-state index in [1.807, 2.05) is 50.7 Å². The summed E-state index contributed by atoms with van der Waals surface area (Å²) in [5.74, 6) is 0.0759. The lowest BCUT2D eigenvalue weighted by molar-refractivity contribution is -0.123. The van der Waals surface area contributed by atoms with Crippen LogP contribution in [-0.2, 0) is 4.79 Å². The van der Waals surface area contributed by atoms with Gasteiger partial charge in [-0.1, -0.05) is 45.7 Å². The predicted octanol–water partition coefficient (Wildman–Crippen LogP) is 4.71. The van der Waals surface area contributed by atoms with Gasteiger partial charge in [0.05, 0.1) is 5.69 Å². The van der Waals surface area contributed by atoms with Gasteiger partial charge in [-0.05, 0) is 25.0 Å². The average molecular weight is 277 g/mol. The molecule has 0 aromatic heterocycles. The highest BCUT2D eigenvalue weighted by Crippen LogP contribution is 2.38. The van der Waals surface area contributed by atoms with E-state index in [-0.39, 0.29) is 11.3 Å². The standard InChI is InChI=1S/C16H23NOS/c1-16(2,3)15(18)17-13-10-6-7-11-14(13)19-12-8-4-5-9-12/h6-7,10-12H,4-5,8-9H2,1-3H3,(H,17,18). The van der Waals surface area contributed by atoms with Gasteiger partial charge >= 0.3 is 0 Å². The fourth-order valence-electron chi connectivity index (χ4n) is 2.17. The van der Waals surface area contributed by atoms with Crippen LogP contribution in [-0.4, -0.2) is 11.2 Å². The molecule has 0 unspecified atom stereocenters. The number of hydrogen-bond acceptors (Lipinski definition) is 2. The zero-order valence-corrected chi connectivity index (χ0v) is 12.8. The summed E-state index contributed by atoms with van der Waals surface area (Å²) in [6.45, 7) is 5.82. The summed E-state index contributed by atoms with van der Waals surface area (Å²) in [4.78, 5) is 13.3. The van der Waals surface area contributed by atoms with E-state index in [2.05, 4.69) is 11.4 Å². The summed E-state index contributed by atoms with van der Waals surface area (Å²) in [5, 5.41) is 3.78. The molecule has 0 radical (unpaired) electrons. The maximum absolute atomic E-state index is 12.1. The van der Waals surface area contributed by atoms with Gasteiger partial charge in [0.25, 0.3) is 0 Å². The van der Waals surface area contributed by atoms with Crippen LogP contribution in [0.3, 0.4) is 0 Å². The van der Waals surface area contributed by atoms with E-state index in [1.54, 1.807) is 0 Å². The largest absolute Gasteiger partial charge is 0.325 e. The van der Waals surface area contributed by atoms with E-state index in [4.69, 9.17) is 0 Å². The van der Waals surface area contributed by atoms with Gasteiger partial charge in [0.2, 0.25) is 5.91 Å². The van der Waals surface area contributed by atoms with Crippen molar-refractivity contribution in [2.75, 3.05) is 5.32 Å². The fraction of sp³-hybridized carbons (Fsp3) is 0.562. The van der Waals surface area contributed by atoms with E-state index in [1.165, 1.54) is 30.6 Å². The maximum atomic E-state index is 12.1. The first-order valence-electron chi connectivity index (χ1n) is 7.04. The van der Waals surface area contributed by atoms with Crippen molar-refractivity contribution < 1.29 is 4.79 Å². The summed E-state index contributed by atoms with van der Waals surface area (Å²) in [6.07, 6.45) is 5.28. The summed E-state index contributed by atoms with van der Waals surface area (Å²) in [6, 6.07) is 8.14. The SMILES string of the molecule is CC(C)(C)C(=O)Nc1ccccc1SC1CCCC1. The molecule has 2 nitrogen and oxygen atoms in total. The predicted molar refractivity (Wildman–Crippen MR) is 82.6 cm³/mol. The second-order valence-electron chi connectivity index (χ2n) is 6.22. The zero-order chi connectivity index (χ0) is 13.9. The van der Waals surface area contributed by atoms with Crippen molar-refractivity contribution in [3.63, 3.8) is 0 Å². The molecule has 0 spiro atoms. The van der Waals surface area contributed by atoms with Crippen molar-refractivity contribution in [2.24, 2.45) is 5.41 Å². The lowest BCUT2D eigenvalue weighted by atomic mass is 9.95. The van der Waals surface area contributed by atoms with Crippen molar-refractivity contribution in [1.82, 2.24) is 0 Å². The number of amides is 1. The smallest absolute Gasteiger partial charge is 0.229 e. The lowest BCUT2D eigenvalue weighted by Crippen LogP contribution is -2.27. The molecule has 0 atom stereocenters. The highest BCUT2D eigenvalue weighted by Gasteiger charge is 2.23. The number of carbonyl (C=O) groups is 1. The van der Waals surface area contributed by atoms with Crippen molar-refractivity contribution in [3.8, 4) is 0 Å². The number of para-hydroxylation sites is 1. The Morgan fingerprint density at radius 1 is 1.21 bits per heavy atom. The summed E-state index contributed by atoms with van der Waals surface area (Å²) in [5.41, 5.74) is 0.602. The van der Waals surface area contributed by atoms with Gasteiger partial charge in [-0.15, -0.1) is 11.8 Å². The third kappa shape index (κ3) is 4.00. The van der Waals surface area contributed by atoms with Crippen LogP contribution < -0.4 is 5.32 Å². The number of benzene rings is 1. The van der Waals surface area contributed by atoms with E-state index >= 15 is 0 Å². The Kier molecular flexibility index (Phi) is 4.56. The van der Waals surface area contributed by atoms with Gasteiger partial charge in [-0.2, -0.15) is 0 Å².